The van der Waals surface area contributed by atoms with E-state index in [-0.39, 0.29) is 17.8 Å². The van der Waals surface area contributed by atoms with Gasteiger partial charge < -0.3 is 11.1 Å². The first-order chi connectivity index (χ1) is 8.54. The van der Waals surface area contributed by atoms with Gasteiger partial charge in [-0.3, -0.25) is 4.79 Å². The van der Waals surface area contributed by atoms with Crippen molar-refractivity contribution in [1.29, 1.82) is 0 Å². The molecule has 0 spiro atoms. The van der Waals surface area contributed by atoms with Gasteiger partial charge in [0.15, 0.2) is 0 Å². The molecule has 18 heavy (non-hydrogen) atoms. The van der Waals surface area contributed by atoms with Crippen LogP contribution in [0.25, 0.3) is 0 Å². The SMILES string of the molecule is CCCCC(N)C(=O)N[C@H](C)c1cccc(F)c1. The fourth-order valence-corrected chi connectivity index (χ4v) is 1.73. The van der Waals surface area contributed by atoms with E-state index in [9.17, 15) is 9.18 Å². The van der Waals surface area contributed by atoms with E-state index in [2.05, 4.69) is 12.2 Å². The standard InChI is InChI=1S/C14H21FN2O/c1-3-4-8-13(16)14(18)17-10(2)11-6-5-7-12(15)9-11/h5-7,9-10,13H,3-4,8,16H2,1-2H3,(H,17,18)/t10-,13?/m1/s1. The molecule has 0 bridgehead atoms. The second-order valence-electron chi connectivity index (χ2n) is 4.53. The molecule has 0 saturated carbocycles. The van der Waals surface area contributed by atoms with E-state index >= 15 is 0 Å². The highest BCUT2D eigenvalue weighted by Gasteiger charge is 2.16. The van der Waals surface area contributed by atoms with Crippen LogP contribution in [0.1, 0.15) is 44.7 Å². The molecule has 0 aliphatic rings. The average molecular weight is 252 g/mol. The zero-order valence-corrected chi connectivity index (χ0v) is 10.9. The summed E-state index contributed by atoms with van der Waals surface area (Å²) in [5.74, 6) is -0.482. The molecule has 0 saturated heterocycles. The third kappa shape index (κ3) is 4.45. The van der Waals surface area contributed by atoms with Crippen molar-refractivity contribution in [3.63, 3.8) is 0 Å². The van der Waals surface area contributed by atoms with Crippen molar-refractivity contribution in [2.45, 2.75) is 45.2 Å². The number of hydrogen-bond donors (Lipinski definition) is 2. The summed E-state index contributed by atoms with van der Waals surface area (Å²) in [6.07, 6.45) is 2.63. The maximum absolute atomic E-state index is 13.1. The molecule has 0 aliphatic carbocycles. The third-order valence-electron chi connectivity index (χ3n) is 2.91. The number of nitrogens with one attached hydrogen (secondary N) is 1. The Balaban J connectivity index is 2.54. The Labute approximate surface area is 108 Å². The number of rotatable bonds is 6. The van der Waals surface area contributed by atoms with E-state index in [1.54, 1.807) is 12.1 Å². The van der Waals surface area contributed by atoms with Crippen molar-refractivity contribution in [2.75, 3.05) is 0 Å². The van der Waals surface area contributed by atoms with Crippen LogP contribution >= 0.6 is 0 Å². The second kappa shape index (κ2) is 7.11. The van der Waals surface area contributed by atoms with Gasteiger partial charge in [-0.25, -0.2) is 4.39 Å². The zero-order chi connectivity index (χ0) is 13.5. The maximum Gasteiger partial charge on any atom is 0.237 e. The summed E-state index contributed by atoms with van der Waals surface area (Å²) >= 11 is 0. The molecule has 1 amide bonds. The Morgan fingerprint density at radius 2 is 2.22 bits per heavy atom. The van der Waals surface area contributed by atoms with Crippen LogP contribution in [-0.2, 0) is 4.79 Å². The molecule has 0 fully saturated rings. The minimum Gasteiger partial charge on any atom is -0.348 e. The first kappa shape index (κ1) is 14.6. The summed E-state index contributed by atoms with van der Waals surface area (Å²) in [6, 6.07) is 5.49. The topological polar surface area (TPSA) is 55.1 Å². The highest BCUT2D eigenvalue weighted by atomic mass is 19.1. The Kier molecular flexibility index (Phi) is 5.78. The van der Waals surface area contributed by atoms with Crippen LogP contribution in [0.4, 0.5) is 4.39 Å². The normalized spacial score (nSPS) is 14.0. The Morgan fingerprint density at radius 3 is 2.83 bits per heavy atom. The lowest BCUT2D eigenvalue weighted by Gasteiger charge is -2.17. The van der Waals surface area contributed by atoms with Crippen LogP contribution < -0.4 is 11.1 Å². The summed E-state index contributed by atoms with van der Waals surface area (Å²) in [7, 11) is 0. The lowest BCUT2D eigenvalue weighted by molar-refractivity contribution is -0.123. The maximum atomic E-state index is 13.1. The number of nitrogens with two attached hydrogens (primary N) is 1. The Bertz CT molecular complexity index is 395. The predicted molar refractivity (Wildman–Crippen MR) is 70.5 cm³/mol. The monoisotopic (exact) mass is 252 g/mol. The van der Waals surface area contributed by atoms with Gasteiger partial charge in [0.2, 0.25) is 5.91 Å². The lowest BCUT2D eigenvalue weighted by Crippen LogP contribution is -2.41. The third-order valence-corrected chi connectivity index (χ3v) is 2.91. The molecule has 3 N–H and O–H groups in total. The lowest BCUT2D eigenvalue weighted by atomic mass is 10.1. The number of carbonyl (C=O) groups is 1. The van der Waals surface area contributed by atoms with Crippen LogP contribution in [0, 0.1) is 5.82 Å². The van der Waals surface area contributed by atoms with Gasteiger partial charge in [-0.2, -0.15) is 0 Å². The van der Waals surface area contributed by atoms with Crippen LogP contribution in [0.5, 0.6) is 0 Å². The van der Waals surface area contributed by atoms with Gasteiger partial charge in [-0.05, 0) is 31.0 Å². The highest BCUT2D eigenvalue weighted by Crippen LogP contribution is 2.13. The van der Waals surface area contributed by atoms with Gasteiger partial charge in [-0.15, -0.1) is 0 Å². The summed E-state index contributed by atoms with van der Waals surface area (Å²) < 4.78 is 13.1. The van der Waals surface area contributed by atoms with Gasteiger partial charge >= 0.3 is 0 Å². The van der Waals surface area contributed by atoms with Crippen molar-refractivity contribution in [3.05, 3.63) is 35.6 Å². The van der Waals surface area contributed by atoms with Crippen LogP contribution in [0.15, 0.2) is 24.3 Å². The average Bonchev–Trinajstić information content (AvgIpc) is 2.35. The highest BCUT2D eigenvalue weighted by molar-refractivity contribution is 5.81. The number of carbonyl (C=O) groups excluding carboxylic acids is 1. The first-order valence-corrected chi connectivity index (χ1v) is 6.36. The molecule has 0 aliphatic heterocycles. The molecule has 2 atom stereocenters. The molecule has 4 heteroatoms. The number of benzene rings is 1. The van der Waals surface area contributed by atoms with Crippen molar-refractivity contribution >= 4 is 5.91 Å². The van der Waals surface area contributed by atoms with Crippen molar-refractivity contribution in [2.24, 2.45) is 5.73 Å². The quantitative estimate of drug-likeness (QED) is 0.817. The van der Waals surface area contributed by atoms with Gasteiger partial charge in [0.05, 0.1) is 12.1 Å². The number of halogens is 1. The van der Waals surface area contributed by atoms with Gasteiger partial charge in [0.1, 0.15) is 5.82 Å². The van der Waals surface area contributed by atoms with Gasteiger partial charge in [-0.1, -0.05) is 31.9 Å². The fraction of sp³-hybridized carbons (Fsp3) is 0.500. The fourth-order valence-electron chi connectivity index (χ4n) is 1.73. The van der Waals surface area contributed by atoms with Crippen molar-refractivity contribution in [1.82, 2.24) is 5.32 Å². The van der Waals surface area contributed by atoms with Crippen LogP contribution in [-0.4, -0.2) is 11.9 Å². The van der Waals surface area contributed by atoms with Crippen LogP contribution in [0.2, 0.25) is 0 Å². The summed E-state index contributed by atoms with van der Waals surface area (Å²) in [5.41, 5.74) is 6.52. The molecule has 3 nitrogen and oxygen atoms in total. The molecule has 0 radical (unpaired) electrons. The van der Waals surface area contributed by atoms with Crippen molar-refractivity contribution in [3.8, 4) is 0 Å². The minimum absolute atomic E-state index is 0.180. The van der Waals surface area contributed by atoms with Crippen molar-refractivity contribution < 1.29 is 9.18 Å². The van der Waals surface area contributed by atoms with E-state index in [1.807, 2.05) is 6.92 Å². The zero-order valence-electron chi connectivity index (χ0n) is 10.9. The van der Waals surface area contributed by atoms with E-state index in [1.165, 1.54) is 12.1 Å². The van der Waals surface area contributed by atoms with E-state index in [0.717, 1.165) is 18.4 Å². The minimum atomic E-state index is -0.485. The largest absolute Gasteiger partial charge is 0.348 e. The van der Waals surface area contributed by atoms with Crippen LogP contribution in [0.3, 0.4) is 0 Å². The van der Waals surface area contributed by atoms with E-state index < -0.39 is 6.04 Å². The molecule has 1 aromatic carbocycles. The second-order valence-corrected chi connectivity index (χ2v) is 4.53. The summed E-state index contributed by atoms with van der Waals surface area (Å²) in [5, 5.41) is 2.80. The molecule has 1 rings (SSSR count). The Morgan fingerprint density at radius 1 is 1.50 bits per heavy atom. The van der Waals surface area contributed by atoms with Gasteiger partial charge in [0, 0.05) is 0 Å². The molecule has 1 unspecified atom stereocenters. The molecule has 0 heterocycles. The number of unbranched alkanes of at least 4 members (excludes halogenated alkanes) is 1. The molecule has 1 aromatic rings. The summed E-state index contributed by atoms with van der Waals surface area (Å²) in [4.78, 5) is 11.8. The van der Waals surface area contributed by atoms with E-state index in [4.69, 9.17) is 5.73 Å². The van der Waals surface area contributed by atoms with E-state index in [0.29, 0.717) is 6.42 Å². The van der Waals surface area contributed by atoms with Gasteiger partial charge in [0.25, 0.3) is 0 Å². The molecular weight excluding hydrogens is 231 g/mol. The summed E-state index contributed by atoms with van der Waals surface area (Å²) in [6.45, 7) is 3.87. The molecule has 0 aromatic heterocycles. The number of hydrogen-bond acceptors (Lipinski definition) is 2. The predicted octanol–water partition coefficient (Wildman–Crippen LogP) is 2.52. The smallest absolute Gasteiger partial charge is 0.237 e. The Hall–Kier alpha value is -1.42. The molecular formula is C14H21FN2O. The molecule has 100 valence electrons. The number of amides is 1. The first-order valence-electron chi connectivity index (χ1n) is 6.36.